The van der Waals surface area contributed by atoms with Gasteiger partial charge in [-0.1, -0.05) is 81.8 Å². The van der Waals surface area contributed by atoms with E-state index in [1.807, 2.05) is 48.5 Å². The molecule has 2 aliphatic rings. The lowest BCUT2D eigenvalue weighted by atomic mass is 9.59. The Balaban J connectivity index is 1.30. The zero-order valence-electron chi connectivity index (χ0n) is 30.6. The number of nitrogen functional groups attached to an aromatic ring is 2. The van der Waals surface area contributed by atoms with E-state index in [1.54, 1.807) is 0 Å². The summed E-state index contributed by atoms with van der Waals surface area (Å²) in [6.45, 7) is 11.1. The molecule has 0 amide bonds. The van der Waals surface area contributed by atoms with Gasteiger partial charge in [0.2, 0.25) is 0 Å². The van der Waals surface area contributed by atoms with Gasteiger partial charge in [0.1, 0.15) is 23.0 Å². The van der Waals surface area contributed by atoms with Gasteiger partial charge in [-0.15, -0.1) is 0 Å². The number of anilines is 2. The summed E-state index contributed by atoms with van der Waals surface area (Å²) in [5, 5.41) is 0. The Hall–Kier alpha value is -3.92. The number of rotatable bonds is 11. The summed E-state index contributed by atoms with van der Waals surface area (Å²) in [5.74, 6) is 6.07. The van der Waals surface area contributed by atoms with Crippen LogP contribution in [0.2, 0.25) is 0 Å². The second kappa shape index (κ2) is 15.3. The highest BCUT2D eigenvalue weighted by Crippen LogP contribution is 2.52. The Morgan fingerprint density at radius 2 is 1.04 bits per heavy atom. The summed E-state index contributed by atoms with van der Waals surface area (Å²) in [5.41, 5.74) is 21.0. The van der Waals surface area contributed by atoms with Crippen molar-refractivity contribution in [3.05, 3.63) is 106 Å². The van der Waals surface area contributed by atoms with Crippen molar-refractivity contribution in [1.82, 2.24) is 0 Å². The van der Waals surface area contributed by atoms with Gasteiger partial charge in [0.15, 0.2) is 0 Å². The van der Waals surface area contributed by atoms with Crippen LogP contribution in [0.15, 0.2) is 72.8 Å². The van der Waals surface area contributed by atoms with Gasteiger partial charge in [0.25, 0.3) is 0 Å². The largest absolute Gasteiger partial charge is 0.457 e. The Labute approximate surface area is 295 Å². The molecule has 6 rings (SSSR count). The third kappa shape index (κ3) is 7.95. The van der Waals surface area contributed by atoms with Gasteiger partial charge in [-0.05, 0) is 142 Å². The molecule has 260 valence electrons. The van der Waals surface area contributed by atoms with E-state index in [0.717, 1.165) is 75.8 Å². The first-order valence-corrected chi connectivity index (χ1v) is 19.0. The quantitative estimate of drug-likeness (QED) is 0.124. The van der Waals surface area contributed by atoms with Crippen molar-refractivity contribution >= 4 is 11.4 Å². The van der Waals surface area contributed by atoms with Crippen molar-refractivity contribution in [2.75, 3.05) is 11.5 Å². The van der Waals surface area contributed by atoms with Crippen LogP contribution in [0.25, 0.3) is 0 Å². The maximum Gasteiger partial charge on any atom is 0.133 e. The molecule has 0 bridgehead atoms. The SMILES string of the molecule is CCCCC[C@H]1CC[C@H](C2CCC(c3cc(C)c(Oc4cccc(N)c4)c(C)c3)(c3cc(C)c(Oc4cccc(N)c4)c(C)c3)CC2)CC1. The van der Waals surface area contributed by atoms with E-state index >= 15 is 0 Å². The highest BCUT2D eigenvalue weighted by atomic mass is 16.5. The van der Waals surface area contributed by atoms with Crippen LogP contribution in [-0.4, -0.2) is 0 Å². The molecule has 2 aliphatic carbocycles. The minimum Gasteiger partial charge on any atom is -0.457 e. The van der Waals surface area contributed by atoms with E-state index in [2.05, 4.69) is 58.9 Å². The van der Waals surface area contributed by atoms with E-state index in [0.29, 0.717) is 11.4 Å². The predicted molar refractivity (Wildman–Crippen MR) is 206 cm³/mol. The van der Waals surface area contributed by atoms with Crippen molar-refractivity contribution in [1.29, 1.82) is 0 Å². The molecule has 4 heteroatoms. The van der Waals surface area contributed by atoms with Gasteiger partial charge in [-0.3, -0.25) is 0 Å². The normalized spacial score (nSPS) is 19.4. The summed E-state index contributed by atoms with van der Waals surface area (Å²) in [4.78, 5) is 0. The highest BCUT2D eigenvalue weighted by Gasteiger charge is 2.42. The molecule has 0 radical (unpaired) electrons. The molecule has 0 atom stereocenters. The first kappa shape index (κ1) is 34.9. The first-order chi connectivity index (χ1) is 23.6. The van der Waals surface area contributed by atoms with Crippen molar-refractivity contribution in [3.8, 4) is 23.0 Å². The summed E-state index contributed by atoms with van der Waals surface area (Å²) < 4.78 is 12.9. The fourth-order valence-electron chi connectivity index (χ4n) is 9.15. The minimum atomic E-state index is -0.0652. The van der Waals surface area contributed by atoms with Gasteiger partial charge >= 0.3 is 0 Å². The van der Waals surface area contributed by atoms with E-state index in [9.17, 15) is 0 Å². The number of ether oxygens (including phenoxy) is 2. The second-order valence-corrected chi connectivity index (χ2v) is 15.4. The molecule has 2 fully saturated rings. The Kier molecular flexibility index (Phi) is 10.9. The van der Waals surface area contributed by atoms with Crippen LogP contribution in [0.3, 0.4) is 0 Å². The summed E-state index contributed by atoms with van der Waals surface area (Å²) in [6, 6.07) is 25.0. The molecular formula is C45H58N2O2. The maximum absolute atomic E-state index is 6.45. The third-order valence-electron chi connectivity index (χ3n) is 11.8. The molecular weight excluding hydrogens is 601 g/mol. The predicted octanol–water partition coefficient (Wildman–Crippen LogP) is 12.5. The first-order valence-electron chi connectivity index (χ1n) is 19.0. The molecule has 4 N–H and O–H groups in total. The van der Waals surface area contributed by atoms with Crippen LogP contribution in [-0.2, 0) is 5.41 Å². The summed E-state index contributed by atoms with van der Waals surface area (Å²) in [7, 11) is 0. The molecule has 0 spiro atoms. The zero-order valence-corrected chi connectivity index (χ0v) is 30.6. The van der Waals surface area contributed by atoms with Crippen LogP contribution in [0, 0.1) is 45.4 Å². The molecule has 4 aromatic rings. The maximum atomic E-state index is 6.45. The van der Waals surface area contributed by atoms with Gasteiger partial charge in [-0.2, -0.15) is 0 Å². The lowest BCUT2D eigenvalue weighted by Crippen LogP contribution is -2.36. The van der Waals surface area contributed by atoms with E-state index in [4.69, 9.17) is 20.9 Å². The summed E-state index contributed by atoms with van der Waals surface area (Å²) >= 11 is 0. The lowest BCUT2D eigenvalue weighted by molar-refractivity contribution is 0.140. The standard InChI is InChI=1S/C45H58N2O2/c1-6-7-8-11-34-16-18-35(19-17-34)36-20-22-45(23-21-36,37-24-30(2)43(31(3)25-37)48-41-14-9-12-39(46)28-41)38-26-32(4)44(33(5)27-38)49-42-15-10-13-40(47)29-42/h9-10,12-15,24-29,34-36H,6-8,11,16-23,46-47H2,1-5H3/t34-,35-. The summed E-state index contributed by atoms with van der Waals surface area (Å²) in [6.07, 6.45) is 16.2. The Bertz CT molecular complexity index is 1570. The number of hydrogen-bond acceptors (Lipinski definition) is 4. The molecule has 4 nitrogen and oxygen atoms in total. The molecule has 2 saturated carbocycles. The van der Waals surface area contributed by atoms with Crippen molar-refractivity contribution in [2.24, 2.45) is 17.8 Å². The Morgan fingerprint density at radius 1 is 0.592 bits per heavy atom. The molecule has 0 aromatic heterocycles. The number of aryl methyl sites for hydroxylation is 4. The average molecular weight is 659 g/mol. The van der Waals surface area contributed by atoms with Crippen LogP contribution in [0.5, 0.6) is 23.0 Å². The lowest BCUT2D eigenvalue weighted by Gasteiger charge is -2.45. The number of hydrogen-bond donors (Lipinski definition) is 2. The minimum absolute atomic E-state index is 0.0652. The van der Waals surface area contributed by atoms with Gasteiger partial charge in [0, 0.05) is 28.9 Å². The molecule has 4 aromatic carbocycles. The topological polar surface area (TPSA) is 70.5 Å². The fourth-order valence-corrected chi connectivity index (χ4v) is 9.15. The molecule has 0 aliphatic heterocycles. The van der Waals surface area contributed by atoms with E-state index < -0.39 is 0 Å². The van der Waals surface area contributed by atoms with Crippen LogP contribution in [0.4, 0.5) is 11.4 Å². The third-order valence-corrected chi connectivity index (χ3v) is 11.8. The average Bonchev–Trinajstić information content (AvgIpc) is 3.08. The number of unbranched alkanes of at least 4 members (excludes halogenated alkanes) is 2. The van der Waals surface area contributed by atoms with Crippen molar-refractivity contribution in [3.63, 3.8) is 0 Å². The molecule has 0 unspecified atom stereocenters. The van der Waals surface area contributed by atoms with Gasteiger partial charge in [0.05, 0.1) is 0 Å². The van der Waals surface area contributed by atoms with Crippen molar-refractivity contribution in [2.45, 2.75) is 117 Å². The van der Waals surface area contributed by atoms with E-state index in [-0.39, 0.29) is 5.41 Å². The van der Waals surface area contributed by atoms with E-state index in [1.165, 1.54) is 75.3 Å². The van der Waals surface area contributed by atoms with Crippen LogP contribution < -0.4 is 20.9 Å². The smallest absolute Gasteiger partial charge is 0.133 e. The molecule has 0 saturated heterocycles. The molecule has 49 heavy (non-hydrogen) atoms. The highest BCUT2D eigenvalue weighted by molar-refractivity contribution is 5.55. The fraction of sp³-hybridized carbons (Fsp3) is 0.467. The second-order valence-electron chi connectivity index (χ2n) is 15.4. The number of nitrogens with two attached hydrogens (primary N) is 2. The Morgan fingerprint density at radius 3 is 1.47 bits per heavy atom. The van der Waals surface area contributed by atoms with Gasteiger partial charge in [-0.25, -0.2) is 0 Å². The van der Waals surface area contributed by atoms with Gasteiger partial charge < -0.3 is 20.9 Å². The van der Waals surface area contributed by atoms with Crippen LogP contribution >= 0.6 is 0 Å². The number of benzene rings is 4. The monoisotopic (exact) mass is 658 g/mol. The van der Waals surface area contributed by atoms with Crippen molar-refractivity contribution < 1.29 is 9.47 Å². The molecule has 0 heterocycles. The van der Waals surface area contributed by atoms with Crippen LogP contribution in [0.1, 0.15) is 117 Å². The zero-order chi connectivity index (χ0) is 34.5.